The molecule has 0 bridgehead atoms. The summed E-state index contributed by atoms with van der Waals surface area (Å²) >= 11 is 1.43. The van der Waals surface area contributed by atoms with E-state index in [1.807, 2.05) is 47.4 Å². The van der Waals surface area contributed by atoms with Gasteiger partial charge in [0.25, 0.3) is 5.91 Å². The van der Waals surface area contributed by atoms with Crippen molar-refractivity contribution in [3.8, 4) is 22.0 Å². The predicted molar refractivity (Wildman–Crippen MR) is 115 cm³/mol. The lowest BCUT2D eigenvalue weighted by molar-refractivity contribution is 0.0649. The minimum absolute atomic E-state index is 0.0963. The molecule has 0 atom stereocenters. The summed E-state index contributed by atoms with van der Waals surface area (Å²) in [5, 5.41) is 0.754. The van der Waals surface area contributed by atoms with Crippen LogP contribution in [0.15, 0.2) is 53.1 Å². The fourth-order valence-corrected chi connectivity index (χ4v) is 5.47. The molecule has 0 unspecified atom stereocenters. The molecule has 2 aromatic heterocycles. The van der Waals surface area contributed by atoms with E-state index in [1.54, 1.807) is 6.26 Å². The summed E-state index contributed by atoms with van der Waals surface area (Å²) in [4.78, 5) is 23.6. The number of carbonyl (C=O) groups excluding carboxylic acids is 1. The van der Waals surface area contributed by atoms with E-state index in [1.165, 1.54) is 37.3 Å². The summed E-state index contributed by atoms with van der Waals surface area (Å²) < 4.78 is 5.54. The van der Waals surface area contributed by atoms with Crippen LogP contribution in [0.4, 0.5) is 0 Å². The molecule has 5 rings (SSSR count). The van der Waals surface area contributed by atoms with Crippen LogP contribution in [0.2, 0.25) is 0 Å². The van der Waals surface area contributed by atoms with Crippen molar-refractivity contribution in [3.05, 3.63) is 53.6 Å². The van der Waals surface area contributed by atoms with E-state index in [4.69, 9.17) is 9.40 Å². The Morgan fingerprint density at radius 1 is 1.00 bits per heavy atom. The second-order valence-electron chi connectivity index (χ2n) is 7.81. The molecule has 5 nitrogen and oxygen atoms in total. The Morgan fingerprint density at radius 2 is 1.76 bits per heavy atom. The van der Waals surface area contributed by atoms with E-state index in [0.29, 0.717) is 16.7 Å². The van der Waals surface area contributed by atoms with E-state index in [9.17, 15) is 4.79 Å². The average molecular weight is 408 g/mol. The van der Waals surface area contributed by atoms with E-state index < -0.39 is 0 Å². The number of hydrogen-bond acceptors (Lipinski definition) is 5. The van der Waals surface area contributed by atoms with Gasteiger partial charge in [-0.2, -0.15) is 0 Å². The van der Waals surface area contributed by atoms with E-state index in [-0.39, 0.29) is 5.91 Å². The number of likely N-dealkylation sites (tertiary alicyclic amines) is 2. The zero-order chi connectivity index (χ0) is 19.6. The van der Waals surface area contributed by atoms with Crippen LogP contribution >= 0.6 is 11.3 Å². The Labute approximate surface area is 175 Å². The Kier molecular flexibility index (Phi) is 5.21. The van der Waals surface area contributed by atoms with Gasteiger partial charge in [-0.05, 0) is 50.9 Å². The average Bonchev–Trinajstić information content (AvgIpc) is 3.55. The zero-order valence-electron chi connectivity index (χ0n) is 16.4. The summed E-state index contributed by atoms with van der Waals surface area (Å²) in [7, 11) is 0. The second-order valence-corrected chi connectivity index (χ2v) is 8.81. The van der Waals surface area contributed by atoms with Gasteiger partial charge in [0.15, 0.2) is 10.8 Å². The first-order valence-corrected chi connectivity index (χ1v) is 11.2. The summed E-state index contributed by atoms with van der Waals surface area (Å²) in [6.45, 7) is 4.08. The molecule has 150 valence electrons. The number of furan rings is 1. The SMILES string of the molecule is O=C(c1sc(-c2ccco2)nc1-c1ccccc1)N1CCC(N2CCCC2)CC1. The fourth-order valence-electron chi connectivity index (χ4n) is 4.45. The molecule has 1 amide bonds. The van der Waals surface area contributed by atoms with Gasteiger partial charge in [0.1, 0.15) is 4.88 Å². The molecule has 2 saturated heterocycles. The lowest BCUT2D eigenvalue weighted by atomic mass is 10.0. The van der Waals surface area contributed by atoms with Gasteiger partial charge in [0.2, 0.25) is 0 Å². The van der Waals surface area contributed by atoms with E-state index in [0.717, 1.165) is 42.2 Å². The van der Waals surface area contributed by atoms with Gasteiger partial charge >= 0.3 is 0 Å². The number of piperidine rings is 1. The largest absolute Gasteiger partial charge is 0.462 e. The van der Waals surface area contributed by atoms with E-state index in [2.05, 4.69) is 4.90 Å². The predicted octanol–water partition coefficient (Wildman–Crippen LogP) is 4.77. The molecule has 1 aromatic carbocycles. The van der Waals surface area contributed by atoms with Crippen LogP contribution in [-0.2, 0) is 0 Å². The Morgan fingerprint density at radius 3 is 2.45 bits per heavy atom. The van der Waals surface area contributed by atoms with Crippen LogP contribution < -0.4 is 0 Å². The maximum absolute atomic E-state index is 13.5. The smallest absolute Gasteiger partial charge is 0.266 e. The van der Waals surface area contributed by atoms with Gasteiger partial charge in [-0.3, -0.25) is 4.79 Å². The highest BCUT2D eigenvalue weighted by Gasteiger charge is 2.31. The monoisotopic (exact) mass is 407 g/mol. The number of aromatic nitrogens is 1. The molecular formula is C23H25N3O2S. The molecule has 6 heteroatoms. The molecule has 2 aliphatic rings. The van der Waals surface area contributed by atoms with Crippen LogP contribution in [0.25, 0.3) is 22.0 Å². The van der Waals surface area contributed by atoms with E-state index >= 15 is 0 Å². The molecule has 0 saturated carbocycles. The molecule has 0 spiro atoms. The first-order chi connectivity index (χ1) is 14.3. The molecule has 29 heavy (non-hydrogen) atoms. The number of rotatable bonds is 4. The van der Waals surface area contributed by atoms with Gasteiger partial charge in [-0.1, -0.05) is 30.3 Å². The minimum atomic E-state index is 0.0963. The summed E-state index contributed by atoms with van der Waals surface area (Å²) in [5.74, 6) is 0.804. The number of thiazole rings is 1. The molecule has 3 aromatic rings. The van der Waals surface area contributed by atoms with Crippen molar-refractivity contribution in [2.75, 3.05) is 26.2 Å². The third-order valence-electron chi connectivity index (χ3n) is 6.01. The van der Waals surface area contributed by atoms with Crippen LogP contribution in [0.1, 0.15) is 35.4 Å². The van der Waals surface area contributed by atoms with Gasteiger partial charge in [0, 0.05) is 24.7 Å². The number of hydrogen-bond donors (Lipinski definition) is 0. The number of amides is 1. The Bertz CT molecular complexity index is 953. The fraction of sp³-hybridized carbons (Fsp3) is 0.391. The maximum Gasteiger partial charge on any atom is 0.266 e. The highest BCUT2D eigenvalue weighted by molar-refractivity contribution is 7.17. The highest BCUT2D eigenvalue weighted by atomic mass is 32.1. The normalized spacial score (nSPS) is 18.4. The first-order valence-electron chi connectivity index (χ1n) is 10.4. The van der Waals surface area contributed by atoms with Crippen LogP contribution in [0.5, 0.6) is 0 Å². The summed E-state index contributed by atoms with van der Waals surface area (Å²) in [5.41, 5.74) is 1.73. The quantitative estimate of drug-likeness (QED) is 0.625. The minimum Gasteiger partial charge on any atom is -0.462 e. The van der Waals surface area contributed by atoms with Gasteiger partial charge in [-0.25, -0.2) is 4.98 Å². The molecule has 0 aliphatic carbocycles. The maximum atomic E-state index is 13.5. The molecule has 0 N–H and O–H groups in total. The second kappa shape index (κ2) is 8.13. The van der Waals surface area contributed by atoms with Crippen molar-refractivity contribution in [2.24, 2.45) is 0 Å². The van der Waals surface area contributed by atoms with Gasteiger partial charge in [-0.15, -0.1) is 11.3 Å². The van der Waals surface area contributed by atoms with Crippen molar-refractivity contribution < 1.29 is 9.21 Å². The van der Waals surface area contributed by atoms with Crippen LogP contribution in [0.3, 0.4) is 0 Å². The molecule has 4 heterocycles. The third kappa shape index (κ3) is 3.74. The van der Waals surface area contributed by atoms with Gasteiger partial charge in [0.05, 0.1) is 12.0 Å². The van der Waals surface area contributed by atoms with Crippen molar-refractivity contribution in [2.45, 2.75) is 31.7 Å². The molecular weight excluding hydrogens is 382 g/mol. The standard InChI is InChI=1S/C23H25N3O2S/c27-23(26-14-10-18(11-15-26)25-12-4-5-13-25)21-20(17-7-2-1-3-8-17)24-22(29-21)19-9-6-16-28-19/h1-3,6-9,16,18H,4-5,10-15H2. The summed E-state index contributed by atoms with van der Waals surface area (Å²) in [6.07, 6.45) is 6.40. The van der Waals surface area contributed by atoms with Crippen molar-refractivity contribution >= 4 is 17.2 Å². The van der Waals surface area contributed by atoms with Crippen molar-refractivity contribution in [3.63, 3.8) is 0 Å². The molecule has 2 aliphatic heterocycles. The lowest BCUT2D eigenvalue weighted by Crippen LogP contribution is -2.45. The lowest BCUT2D eigenvalue weighted by Gasteiger charge is -2.36. The van der Waals surface area contributed by atoms with Crippen molar-refractivity contribution in [1.29, 1.82) is 0 Å². The van der Waals surface area contributed by atoms with Gasteiger partial charge < -0.3 is 14.2 Å². The van der Waals surface area contributed by atoms with Crippen LogP contribution in [0, 0.1) is 0 Å². The number of carbonyl (C=O) groups is 1. The van der Waals surface area contributed by atoms with Crippen molar-refractivity contribution in [1.82, 2.24) is 14.8 Å². The number of benzene rings is 1. The zero-order valence-corrected chi connectivity index (χ0v) is 17.2. The topological polar surface area (TPSA) is 49.6 Å². The summed E-state index contributed by atoms with van der Waals surface area (Å²) in [6, 6.07) is 14.3. The third-order valence-corrected chi connectivity index (χ3v) is 7.07. The Balaban J connectivity index is 1.40. The number of nitrogens with zero attached hydrogens (tertiary/aromatic N) is 3. The molecule has 0 radical (unpaired) electrons. The highest BCUT2D eigenvalue weighted by Crippen LogP contribution is 2.35. The first kappa shape index (κ1) is 18.6. The molecule has 2 fully saturated rings. The Hall–Kier alpha value is -2.44. The van der Waals surface area contributed by atoms with Crippen LogP contribution in [-0.4, -0.2) is 52.9 Å².